The van der Waals surface area contributed by atoms with Crippen molar-refractivity contribution in [3.63, 3.8) is 0 Å². The Bertz CT molecular complexity index is 1090. The van der Waals surface area contributed by atoms with Crippen molar-refractivity contribution in [3.05, 3.63) is 71.8 Å². The molecule has 0 radical (unpaired) electrons. The lowest BCUT2D eigenvalue weighted by Gasteiger charge is -2.16. The summed E-state index contributed by atoms with van der Waals surface area (Å²) in [6.07, 6.45) is -3.65. The zero-order valence-corrected chi connectivity index (χ0v) is 17.4. The number of halogens is 2. The van der Waals surface area contributed by atoms with E-state index < -0.39 is 6.29 Å². The first kappa shape index (κ1) is 20.9. The number of hydrogen-bond donors (Lipinski definition) is 1. The lowest BCUT2D eigenvalue weighted by Crippen LogP contribution is -2.25. The van der Waals surface area contributed by atoms with Gasteiger partial charge in [-0.05, 0) is 60.0 Å². The van der Waals surface area contributed by atoms with E-state index in [1.54, 1.807) is 20.3 Å². The molecule has 0 spiro atoms. The maximum absolute atomic E-state index is 13.4. The van der Waals surface area contributed by atoms with E-state index in [9.17, 15) is 8.78 Å². The molecule has 1 heterocycles. The van der Waals surface area contributed by atoms with Crippen LogP contribution in [0.15, 0.2) is 60.7 Å². The molecule has 0 bridgehead atoms. The van der Waals surface area contributed by atoms with Crippen molar-refractivity contribution >= 4 is 0 Å². The number of hydrogen-bond acceptors (Lipinski definition) is 5. The molecule has 1 unspecified atom stereocenters. The quantitative estimate of drug-likeness (QED) is 0.536. The second-order valence-corrected chi connectivity index (χ2v) is 7.24. The zero-order valence-electron chi connectivity index (χ0n) is 17.4. The highest BCUT2D eigenvalue weighted by molar-refractivity contribution is 5.73. The van der Waals surface area contributed by atoms with Crippen LogP contribution in [0, 0.1) is 0 Å². The maximum atomic E-state index is 13.4. The van der Waals surface area contributed by atoms with Crippen molar-refractivity contribution in [1.82, 2.24) is 5.32 Å². The van der Waals surface area contributed by atoms with Gasteiger partial charge in [-0.3, -0.25) is 0 Å². The molecule has 3 aromatic carbocycles. The normalized spacial score (nSPS) is 14.9. The van der Waals surface area contributed by atoms with Crippen molar-refractivity contribution in [1.29, 1.82) is 0 Å². The largest absolute Gasteiger partial charge is 0.586 e. The summed E-state index contributed by atoms with van der Waals surface area (Å²) in [7, 11) is 3.22. The molecule has 1 atom stereocenters. The standard InChI is InChI=1S/C24H23F2NO4/c1-15(17-5-4-6-19(12-17)28-2)27-14-16-7-9-21(29-3)20(11-16)18-8-10-22-23(13-18)31-24(25,26)30-22/h4-13,15,27H,14H2,1-3H3. The molecule has 1 N–H and O–H groups in total. The Morgan fingerprint density at radius 2 is 1.74 bits per heavy atom. The smallest absolute Gasteiger partial charge is 0.497 e. The van der Waals surface area contributed by atoms with Gasteiger partial charge in [0, 0.05) is 18.2 Å². The summed E-state index contributed by atoms with van der Waals surface area (Å²) in [6, 6.07) is 18.5. The fraction of sp³-hybridized carbons (Fsp3) is 0.250. The van der Waals surface area contributed by atoms with Crippen molar-refractivity contribution in [2.24, 2.45) is 0 Å². The van der Waals surface area contributed by atoms with Gasteiger partial charge in [0.05, 0.1) is 14.2 Å². The Labute approximate surface area is 179 Å². The monoisotopic (exact) mass is 427 g/mol. The second kappa shape index (κ2) is 8.43. The minimum Gasteiger partial charge on any atom is -0.497 e. The minimum absolute atomic E-state index is 0.000252. The van der Waals surface area contributed by atoms with Crippen LogP contribution in [-0.2, 0) is 6.54 Å². The van der Waals surface area contributed by atoms with E-state index in [0.717, 1.165) is 22.4 Å². The fourth-order valence-corrected chi connectivity index (χ4v) is 3.51. The number of fused-ring (bicyclic) bond motifs is 1. The van der Waals surface area contributed by atoms with E-state index in [1.807, 2.05) is 42.5 Å². The van der Waals surface area contributed by atoms with Crippen molar-refractivity contribution in [2.75, 3.05) is 14.2 Å². The molecule has 0 aliphatic carbocycles. The second-order valence-electron chi connectivity index (χ2n) is 7.24. The minimum atomic E-state index is -3.65. The van der Waals surface area contributed by atoms with Gasteiger partial charge in [-0.25, -0.2) is 0 Å². The van der Waals surface area contributed by atoms with Gasteiger partial charge in [-0.2, -0.15) is 0 Å². The van der Waals surface area contributed by atoms with Crippen LogP contribution in [-0.4, -0.2) is 20.5 Å². The summed E-state index contributed by atoms with van der Waals surface area (Å²) in [5.74, 6) is 1.46. The van der Waals surface area contributed by atoms with Gasteiger partial charge in [-0.1, -0.05) is 24.3 Å². The Kier molecular flexibility index (Phi) is 5.69. The first-order valence-corrected chi connectivity index (χ1v) is 9.83. The fourth-order valence-electron chi connectivity index (χ4n) is 3.51. The summed E-state index contributed by atoms with van der Waals surface area (Å²) in [4.78, 5) is 0. The van der Waals surface area contributed by atoms with Crippen molar-refractivity contribution < 1.29 is 27.7 Å². The third-order valence-corrected chi connectivity index (χ3v) is 5.18. The zero-order chi connectivity index (χ0) is 22.0. The number of ether oxygens (including phenoxy) is 4. The van der Waals surface area contributed by atoms with Crippen LogP contribution in [0.25, 0.3) is 11.1 Å². The van der Waals surface area contributed by atoms with Crippen LogP contribution < -0.4 is 24.3 Å². The first-order valence-electron chi connectivity index (χ1n) is 9.83. The first-order chi connectivity index (χ1) is 14.9. The van der Waals surface area contributed by atoms with Gasteiger partial charge in [-0.15, -0.1) is 8.78 Å². The molecule has 4 rings (SSSR count). The predicted molar refractivity (Wildman–Crippen MR) is 113 cm³/mol. The summed E-state index contributed by atoms with van der Waals surface area (Å²) in [5.41, 5.74) is 3.61. The van der Waals surface area contributed by atoms with Crippen molar-refractivity contribution in [2.45, 2.75) is 25.8 Å². The molecule has 0 aromatic heterocycles. The molecule has 0 amide bonds. The number of nitrogens with one attached hydrogen (secondary N) is 1. The summed E-state index contributed by atoms with van der Waals surface area (Å²) in [6.45, 7) is 2.69. The van der Waals surface area contributed by atoms with E-state index in [2.05, 4.69) is 21.7 Å². The van der Waals surface area contributed by atoms with Crippen LogP contribution in [0.4, 0.5) is 8.78 Å². The molecule has 1 aliphatic rings. The molecule has 31 heavy (non-hydrogen) atoms. The Hall–Kier alpha value is -3.32. The van der Waals surface area contributed by atoms with Gasteiger partial charge >= 0.3 is 6.29 Å². The molecule has 0 saturated heterocycles. The van der Waals surface area contributed by atoms with Gasteiger partial charge in [0.1, 0.15) is 11.5 Å². The van der Waals surface area contributed by atoms with Gasteiger partial charge in [0.25, 0.3) is 0 Å². The molecule has 0 saturated carbocycles. The lowest BCUT2D eigenvalue weighted by molar-refractivity contribution is -0.286. The van der Waals surface area contributed by atoms with Crippen LogP contribution in [0.2, 0.25) is 0 Å². The lowest BCUT2D eigenvalue weighted by atomic mass is 10.0. The summed E-state index contributed by atoms with van der Waals surface area (Å²) < 4.78 is 46.6. The summed E-state index contributed by atoms with van der Waals surface area (Å²) >= 11 is 0. The van der Waals surface area contributed by atoms with E-state index >= 15 is 0 Å². The molecule has 1 aliphatic heterocycles. The Morgan fingerprint density at radius 1 is 0.935 bits per heavy atom. The highest BCUT2D eigenvalue weighted by Gasteiger charge is 2.43. The number of alkyl halides is 2. The molecular weight excluding hydrogens is 404 g/mol. The SMILES string of the molecule is COc1cccc(C(C)NCc2ccc(OC)c(-c3ccc4c(c3)OC(F)(F)O4)c2)c1. The highest BCUT2D eigenvalue weighted by Crippen LogP contribution is 2.44. The predicted octanol–water partition coefficient (Wildman–Crippen LogP) is 5.54. The molecule has 162 valence electrons. The van der Waals surface area contributed by atoms with Crippen LogP contribution in [0.3, 0.4) is 0 Å². The summed E-state index contributed by atoms with van der Waals surface area (Å²) in [5, 5.41) is 3.49. The van der Waals surface area contributed by atoms with Crippen LogP contribution in [0.1, 0.15) is 24.1 Å². The van der Waals surface area contributed by atoms with Crippen molar-refractivity contribution in [3.8, 4) is 34.1 Å². The molecule has 5 nitrogen and oxygen atoms in total. The third-order valence-electron chi connectivity index (χ3n) is 5.18. The topological polar surface area (TPSA) is 49.0 Å². The molecule has 3 aromatic rings. The van der Waals surface area contributed by atoms with E-state index in [1.165, 1.54) is 12.1 Å². The highest BCUT2D eigenvalue weighted by atomic mass is 19.3. The Morgan fingerprint density at radius 3 is 2.52 bits per heavy atom. The number of rotatable bonds is 7. The maximum Gasteiger partial charge on any atom is 0.586 e. The molecular formula is C24H23F2NO4. The number of methoxy groups -OCH3 is 2. The van der Waals surface area contributed by atoms with Gasteiger partial charge in [0.15, 0.2) is 11.5 Å². The average molecular weight is 427 g/mol. The van der Waals surface area contributed by atoms with E-state index in [0.29, 0.717) is 17.9 Å². The average Bonchev–Trinajstić information content (AvgIpc) is 3.10. The Balaban J connectivity index is 1.54. The van der Waals surface area contributed by atoms with Gasteiger partial charge in [0.2, 0.25) is 0 Å². The van der Waals surface area contributed by atoms with Crippen LogP contribution >= 0.6 is 0 Å². The van der Waals surface area contributed by atoms with Crippen LogP contribution in [0.5, 0.6) is 23.0 Å². The molecule has 0 fully saturated rings. The van der Waals surface area contributed by atoms with E-state index in [4.69, 9.17) is 9.47 Å². The molecule has 7 heteroatoms. The third kappa shape index (κ3) is 4.56. The number of benzene rings is 3. The van der Waals surface area contributed by atoms with Gasteiger partial charge < -0.3 is 24.3 Å². The van der Waals surface area contributed by atoms with E-state index in [-0.39, 0.29) is 17.5 Å².